The third-order valence-electron chi connectivity index (χ3n) is 2.60. The van der Waals surface area contributed by atoms with Crippen molar-refractivity contribution in [3.8, 4) is 11.1 Å². The van der Waals surface area contributed by atoms with Gasteiger partial charge >= 0.3 is 6.03 Å². The summed E-state index contributed by atoms with van der Waals surface area (Å²) < 4.78 is 0. The van der Waals surface area contributed by atoms with Crippen LogP contribution in [-0.4, -0.2) is 6.03 Å². The Kier molecular flexibility index (Phi) is 3.99. The van der Waals surface area contributed by atoms with Crippen molar-refractivity contribution < 1.29 is 4.79 Å². The van der Waals surface area contributed by atoms with Crippen molar-refractivity contribution in [1.29, 1.82) is 0 Å². The summed E-state index contributed by atoms with van der Waals surface area (Å²) in [4.78, 5) is 10.8. The van der Waals surface area contributed by atoms with Gasteiger partial charge in [-0.05, 0) is 28.8 Å². The molecule has 0 saturated heterocycles. The Hall–Kier alpha value is -1.81. The molecule has 3 N–H and O–H groups in total. The topological polar surface area (TPSA) is 55.1 Å². The first kappa shape index (κ1) is 12.6. The molecule has 0 aromatic heterocycles. The van der Waals surface area contributed by atoms with Gasteiger partial charge in [-0.15, -0.1) is 0 Å². The number of alkyl halides is 1. The van der Waals surface area contributed by atoms with E-state index < -0.39 is 6.03 Å². The molecule has 0 fully saturated rings. The van der Waals surface area contributed by atoms with Crippen molar-refractivity contribution in [2.45, 2.75) is 5.33 Å². The minimum Gasteiger partial charge on any atom is -0.351 e. The number of anilines is 1. The molecule has 0 atom stereocenters. The number of primary amides is 1. The fraction of sp³-hybridized carbons (Fsp3) is 0.0714. The summed E-state index contributed by atoms with van der Waals surface area (Å²) in [5.41, 5.74) is 9.21. The van der Waals surface area contributed by atoms with Gasteiger partial charge in [0.05, 0.1) is 0 Å². The third-order valence-corrected chi connectivity index (χ3v) is 3.21. The molecule has 0 unspecified atom stereocenters. The minimum atomic E-state index is -0.555. The molecule has 0 aliphatic carbocycles. The van der Waals surface area contributed by atoms with Crippen LogP contribution in [0.3, 0.4) is 0 Å². The van der Waals surface area contributed by atoms with E-state index in [-0.39, 0.29) is 0 Å². The number of carbonyl (C=O) groups is 1. The minimum absolute atomic E-state index is 0.555. The predicted octanol–water partition coefficient (Wildman–Crippen LogP) is 3.74. The van der Waals surface area contributed by atoms with Crippen LogP contribution < -0.4 is 11.1 Å². The SMILES string of the molecule is NC(=O)Nc1cccc(-c2ccccc2CBr)c1. The van der Waals surface area contributed by atoms with Gasteiger partial charge in [-0.2, -0.15) is 0 Å². The van der Waals surface area contributed by atoms with Crippen LogP contribution in [0, 0.1) is 0 Å². The lowest BCUT2D eigenvalue weighted by Crippen LogP contribution is -2.19. The van der Waals surface area contributed by atoms with Crippen LogP contribution in [0.1, 0.15) is 5.56 Å². The summed E-state index contributed by atoms with van der Waals surface area (Å²) in [5.74, 6) is 0. The molecule has 2 rings (SSSR count). The summed E-state index contributed by atoms with van der Waals surface area (Å²) in [6, 6.07) is 15.2. The maximum atomic E-state index is 10.8. The Morgan fingerprint density at radius 2 is 1.94 bits per heavy atom. The number of benzene rings is 2. The number of hydrogen-bond acceptors (Lipinski definition) is 1. The molecule has 0 heterocycles. The average molecular weight is 305 g/mol. The van der Waals surface area contributed by atoms with Gasteiger partial charge in [0.25, 0.3) is 0 Å². The quantitative estimate of drug-likeness (QED) is 0.834. The Labute approximate surface area is 114 Å². The molecular weight excluding hydrogens is 292 g/mol. The molecular formula is C14H13BrN2O. The molecule has 0 radical (unpaired) electrons. The van der Waals surface area contributed by atoms with Crippen LogP contribution in [0.2, 0.25) is 0 Å². The zero-order valence-corrected chi connectivity index (χ0v) is 11.3. The highest BCUT2D eigenvalue weighted by atomic mass is 79.9. The zero-order chi connectivity index (χ0) is 13.0. The van der Waals surface area contributed by atoms with E-state index in [0.717, 1.165) is 16.5 Å². The van der Waals surface area contributed by atoms with Gasteiger partial charge in [-0.3, -0.25) is 0 Å². The van der Waals surface area contributed by atoms with Crippen LogP contribution in [0.15, 0.2) is 48.5 Å². The Bertz CT molecular complexity index is 569. The van der Waals surface area contributed by atoms with Crippen LogP contribution in [0.25, 0.3) is 11.1 Å². The Balaban J connectivity index is 2.41. The lowest BCUT2D eigenvalue weighted by molar-refractivity contribution is 0.259. The summed E-state index contributed by atoms with van der Waals surface area (Å²) >= 11 is 3.47. The molecule has 0 bridgehead atoms. The van der Waals surface area contributed by atoms with E-state index in [1.165, 1.54) is 5.56 Å². The van der Waals surface area contributed by atoms with Crippen molar-refractivity contribution in [3.63, 3.8) is 0 Å². The molecule has 3 nitrogen and oxygen atoms in total. The van der Waals surface area contributed by atoms with E-state index in [4.69, 9.17) is 5.73 Å². The van der Waals surface area contributed by atoms with Crippen molar-refractivity contribution in [2.75, 3.05) is 5.32 Å². The highest BCUT2D eigenvalue weighted by Crippen LogP contribution is 2.27. The van der Waals surface area contributed by atoms with Crippen LogP contribution in [0.4, 0.5) is 10.5 Å². The number of carbonyl (C=O) groups excluding carboxylic acids is 1. The normalized spacial score (nSPS) is 10.1. The van der Waals surface area contributed by atoms with E-state index in [2.05, 4.69) is 33.4 Å². The number of hydrogen-bond donors (Lipinski definition) is 2. The monoisotopic (exact) mass is 304 g/mol. The fourth-order valence-electron chi connectivity index (χ4n) is 1.83. The van der Waals surface area contributed by atoms with Gasteiger partial charge in [0.15, 0.2) is 0 Å². The van der Waals surface area contributed by atoms with E-state index in [0.29, 0.717) is 5.69 Å². The highest BCUT2D eigenvalue weighted by Gasteiger charge is 2.04. The van der Waals surface area contributed by atoms with E-state index in [1.54, 1.807) is 0 Å². The molecule has 0 aliphatic heterocycles. The molecule has 2 amide bonds. The van der Waals surface area contributed by atoms with Gasteiger partial charge < -0.3 is 11.1 Å². The van der Waals surface area contributed by atoms with Crippen molar-refractivity contribution in [2.24, 2.45) is 5.73 Å². The largest absolute Gasteiger partial charge is 0.351 e. The number of rotatable bonds is 3. The molecule has 92 valence electrons. The van der Waals surface area contributed by atoms with Gasteiger partial charge in [0.2, 0.25) is 0 Å². The van der Waals surface area contributed by atoms with Gasteiger partial charge in [-0.25, -0.2) is 4.79 Å². The van der Waals surface area contributed by atoms with E-state index >= 15 is 0 Å². The van der Waals surface area contributed by atoms with Crippen molar-refractivity contribution in [3.05, 3.63) is 54.1 Å². The highest BCUT2D eigenvalue weighted by molar-refractivity contribution is 9.08. The van der Waals surface area contributed by atoms with Crippen molar-refractivity contribution >= 4 is 27.6 Å². The molecule has 18 heavy (non-hydrogen) atoms. The molecule has 0 spiro atoms. The first-order valence-corrected chi connectivity index (χ1v) is 6.63. The van der Waals surface area contributed by atoms with Crippen LogP contribution in [-0.2, 0) is 5.33 Å². The summed E-state index contributed by atoms with van der Waals surface area (Å²) in [6.45, 7) is 0. The predicted molar refractivity (Wildman–Crippen MR) is 77.7 cm³/mol. The lowest BCUT2D eigenvalue weighted by atomic mass is 10.0. The smallest absolute Gasteiger partial charge is 0.316 e. The van der Waals surface area contributed by atoms with Gasteiger partial charge in [0.1, 0.15) is 0 Å². The van der Waals surface area contributed by atoms with Gasteiger partial charge in [-0.1, -0.05) is 52.3 Å². The number of urea groups is 1. The standard InChI is InChI=1S/C14H13BrN2O/c15-9-11-4-1-2-7-13(11)10-5-3-6-12(8-10)17-14(16)18/h1-8H,9H2,(H3,16,17,18). The number of nitrogens with two attached hydrogens (primary N) is 1. The second-order valence-corrected chi connectivity index (χ2v) is 4.42. The second kappa shape index (κ2) is 5.69. The maximum Gasteiger partial charge on any atom is 0.316 e. The summed E-state index contributed by atoms with van der Waals surface area (Å²) in [7, 11) is 0. The molecule has 0 saturated carbocycles. The molecule has 2 aromatic rings. The van der Waals surface area contributed by atoms with E-state index in [9.17, 15) is 4.79 Å². The van der Waals surface area contributed by atoms with Crippen molar-refractivity contribution in [1.82, 2.24) is 0 Å². The number of nitrogens with one attached hydrogen (secondary N) is 1. The molecule has 4 heteroatoms. The van der Waals surface area contributed by atoms with E-state index in [1.807, 2.05) is 36.4 Å². The molecule has 2 aromatic carbocycles. The first-order valence-electron chi connectivity index (χ1n) is 5.51. The maximum absolute atomic E-state index is 10.8. The van der Waals surface area contributed by atoms with Crippen LogP contribution >= 0.6 is 15.9 Å². The molecule has 0 aliphatic rings. The lowest BCUT2D eigenvalue weighted by Gasteiger charge is -2.09. The Morgan fingerprint density at radius 3 is 2.67 bits per heavy atom. The van der Waals surface area contributed by atoms with Crippen LogP contribution in [0.5, 0.6) is 0 Å². The summed E-state index contributed by atoms with van der Waals surface area (Å²) in [5, 5.41) is 3.37. The average Bonchev–Trinajstić information content (AvgIpc) is 2.38. The second-order valence-electron chi connectivity index (χ2n) is 3.86. The zero-order valence-electron chi connectivity index (χ0n) is 9.69. The third kappa shape index (κ3) is 2.90. The van der Waals surface area contributed by atoms with Gasteiger partial charge in [0, 0.05) is 11.0 Å². The number of halogens is 1. The fourth-order valence-corrected chi connectivity index (χ4v) is 2.31. The summed E-state index contributed by atoms with van der Waals surface area (Å²) in [6.07, 6.45) is 0. The first-order chi connectivity index (χ1) is 8.70. The Morgan fingerprint density at radius 1 is 1.17 bits per heavy atom. The number of amides is 2.